The molecule has 0 unspecified atom stereocenters. The van der Waals surface area contributed by atoms with Crippen molar-refractivity contribution in [3.8, 4) is 0 Å². The lowest BCUT2D eigenvalue weighted by molar-refractivity contribution is -0.103. The molecular formula is C12H18N4O. The maximum Gasteiger partial charge on any atom is 0.185 e. The zero-order valence-corrected chi connectivity index (χ0v) is 10.5. The summed E-state index contributed by atoms with van der Waals surface area (Å²) in [5.41, 5.74) is 7.28. The summed E-state index contributed by atoms with van der Waals surface area (Å²) >= 11 is 0. The molecule has 1 rings (SSSR count). The highest BCUT2D eigenvalue weighted by molar-refractivity contribution is 6.35. The third-order valence-corrected chi connectivity index (χ3v) is 2.60. The Kier molecular flexibility index (Phi) is 4.63. The van der Waals surface area contributed by atoms with Gasteiger partial charge in [-0.05, 0) is 26.0 Å². The molecule has 5 nitrogen and oxygen atoms in total. The van der Waals surface area contributed by atoms with Crippen molar-refractivity contribution in [2.24, 2.45) is 15.7 Å². The summed E-state index contributed by atoms with van der Waals surface area (Å²) < 4.78 is 0. The molecular weight excluding hydrogens is 216 g/mol. The molecule has 0 aromatic heterocycles. The second kappa shape index (κ2) is 5.98. The largest absolute Gasteiger partial charge is 0.405 e. The molecule has 0 atom stereocenters. The standard InChI is InChI=1S/C12H18N4O/c1-9(7-13)5-4-6-10-12(14-2)16(3)11(8-17)15-10/h6-8H,4-5,13H2,1-3H3/b9-7+,10-6+,14-12+. The van der Waals surface area contributed by atoms with Crippen molar-refractivity contribution in [2.45, 2.75) is 19.8 Å². The molecule has 1 aliphatic rings. The van der Waals surface area contributed by atoms with E-state index in [-0.39, 0.29) is 0 Å². The Hall–Kier alpha value is -1.91. The van der Waals surface area contributed by atoms with Gasteiger partial charge in [0.15, 0.2) is 18.0 Å². The first-order valence-corrected chi connectivity index (χ1v) is 5.46. The van der Waals surface area contributed by atoms with E-state index >= 15 is 0 Å². The zero-order chi connectivity index (χ0) is 12.8. The van der Waals surface area contributed by atoms with Crippen LogP contribution < -0.4 is 5.73 Å². The van der Waals surface area contributed by atoms with Gasteiger partial charge in [0.05, 0.1) is 0 Å². The predicted octanol–water partition coefficient (Wildman–Crippen LogP) is 1.08. The number of carbonyl (C=O) groups is 1. The lowest BCUT2D eigenvalue weighted by atomic mass is 10.1. The molecule has 2 N–H and O–H groups in total. The minimum atomic E-state index is 0.392. The van der Waals surface area contributed by atoms with E-state index in [0.717, 1.165) is 36.2 Å². The maximum absolute atomic E-state index is 10.8. The van der Waals surface area contributed by atoms with Crippen molar-refractivity contribution in [2.75, 3.05) is 14.1 Å². The van der Waals surface area contributed by atoms with Gasteiger partial charge in [-0.2, -0.15) is 0 Å². The summed E-state index contributed by atoms with van der Waals surface area (Å²) in [6, 6.07) is 0. The Balaban J connectivity index is 2.79. The van der Waals surface area contributed by atoms with Crippen LogP contribution in [-0.4, -0.2) is 37.0 Å². The molecule has 1 aliphatic heterocycles. The zero-order valence-electron chi connectivity index (χ0n) is 10.5. The van der Waals surface area contributed by atoms with Crippen LogP contribution in [0.2, 0.25) is 0 Å². The van der Waals surface area contributed by atoms with Gasteiger partial charge in [0, 0.05) is 14.1 Å². The van der Waals surface area contributed by atoms with Crippen LogP contribution in [0.3, 0.4) is 0 Å². The van der Waals surface area contributed by atoms with Crippen LogP contribution in [0.15, 0.2) is 33.5 Å². The molecule has 0 saturated carbocycles. The molecule has 0 saturated heterocycles. The molecule has 0 bridgehead atoms. The molecule has 1 heterocycles. The fraction of sp³-hybridized carbons (Fsp3) is 0.417. The Morgan fingerprint density at radius 3 is 2.82 bits per heavy atom. The topological polar surface area (TPSA) is 71.0 Å². The summed E-state index contributed by atoms with van der Waals surface area (Å²) in [7, 11) is 3.47. The molecule has 0 amide bonds. The quantitative estimate of drug-likeness (QED) is 0.740. The number of aliphatic imine (C=N–C) groups is 2. The number of hydrogen-bond donors (Lipinski definition) is 1. The molecule has 0 spiro atoms. The maximum atomic E-state index is 10.8. The van der Waals surface area contributed by atoms with Gasteiger partial charge in [0.25, 0.3) is 0 Å². The second-order valence-corrected chi connectivity index (χ2v) is 3.84. The first-order valence-electron chi connectivity index (χ1n) is 5.46. The first kappa shape index (κ1) is 13.2. The van der Waals surface area contributed by atoms with Crippen LogP contribution in [0.1, 0.15) is 19.8 Å². The predicted molar refractivity (Wildman–Crippen MR) is 69.9 cm³/mol. The summed E-state index contributed by atoms with van der Waals surface area (Å²) in [5, 5.41) is 0. The van der Waals surface area contributed by atoms with Gasteiger partial charge in [-0.3, -0.25) is 9.79 Å². The second-order valence-electron chi connectivity index (χ2n) is 3.84. The Morgan fingerprint density at radius 2 is 2.29 bits per heavy atom. The first-order chi connectivity index (χ1) is 8.13. The van der Waals surface area contributed by atoms with Crippen LogP contribution in [0.5, 0.6) is 0 Å². The average molecular weight is 234 g/mol. The number of aldehydes is 1. The smallest absolute Gasteiger partial charge is 0.185 e. The third-order valence-electron chi connectivity index (χ3n) is 2.60. The fourth-order valence-corrected chi connectivity index (χ4v) is 1.56. The lowest BCUT2D eigenvalue weighted by Crippen LogP contribution is -2.28. The number of nitrogens with zero attached hydrogens (tertiary/aromatic N) is 3. The fourth-order valence-electron chi connectivity index (χ4n) is 1.56. The highest BCUT2D eigenvalue weighted by Gasteiger charge is 2.23. The molecule has 5 heteroatoms. The number of amidine groups is 2. The van der Waals surface area contributed by atoms with E-state index < -0.39 is 0 Å². The molecule has 0 aromatic rings. The highest BCUT2D eigenvalue weighted by Crippen LogP contribution is 2.16. The van der Waals surface area contributed by atoms with Crippen molar-refractivity contribution >= 4 is 18.0 Å². The van der Waals surface area contributed by atoms with E-state index in [0.29, 0.717) is 5.84 Å². The van der Waals surface area contributed by atoms with Gasteiger partial charge in [-0.25, -0.2) is 4.99 Å². The van der Waals surface area contributed by atoms with Crippen molar-refractivity contribution < 1.29 is 4.79 Å². The van der Waals surface area contributed by atoms with Crippen LogP contribution in [0, 0.1) is 0 Å². The average Bonchev–Trinajstić information content (AvgIpc) is 2.64. The molecule has 92 valence electrons. The number of allylic oxidation sites excluding steroid dienone is 2. The van der Waals surface area contributed by atoms with Crippen molar-refractivity contribution in [3.63, 3.8) is 0 Å². The molecule has 0 fully saturated rings. The van der Waals surface area contributed by atoms with Gasteiger partial charge < -0.3 is 10.6 Å². The SMILES string of the molecule is C/N=C1\C(=C/CC/C(C)=C/N)N=C(C=O)N1C. The van der Waals surface area contributed by atoms with Crippen LogP contribution in [0.25, 0.3) is 0 Å². The van der Waals surface area contributed by atoms with E-state index in [4.69, 9.17) is 5.73 Å². The Morgan fingerprint density at radius 1 is 1.59 bits per heavy atom. The van der Waals surface area contributed by atoms with Crippen molar-refractivity contribution in [3.05, 3.63) is 23.5 Å². The number of hydrogen-bond acceptors (Lipinski definition) is 4. The van der Waals surface area contributed by atoms with Gasteiger partial charge >= 0.3 is 0 Å². The van der Waals surface area contributed by atoms with Crippen LogP contribution >= 0.6 is 0 Å². The van der Waals surface area contributed by atoms with Gasteiger partial charge in [-0.15, -0.1) is 0 Å². The number of carbonyl (C=O) groups excluding carboxylic acids is 1. The van der Waals surface area contributed by atoms with Gasteiger partial charge in [0.1, 0.15) is 5.70 Å². The van der Waals surface area contributed by atoms with E-state index in [1.165, 1.54) is 0 Å². The van der Waals surface area contributed by atoms with E-state index in [1.54, 1.807) is 25.2 Å². The lowest BCUT2D eigenvalue weighted by Gasteiger charge is -2.10. The number of rotatable bonds is 4. The Bertz CT molecular complexity index is 418. The van der Waals surface area contributed by atoms with Crippen LogP contribution in [0.4, 0.5) is 0 Å². The molecule has 0 aliphatic carbocycles. The number of likely N-dealkylation sites (N-methyl/N-ethyl adjacent to an activating group) is 1. The van der Waals surface area contributed by atoms with Crippen molar-refractivity contribution in [1.29, 1.82) is 0 Å². The normalized spacial score (nSPS) is 21.2. The molecule has 0 aromatic carbocycles. The summed E-state index contributed by atoms with van der Waals surface area (Å²) in [6.45, 7) is 1.98. The monoisotopic (exact) mass is 234 g/mol. The van der Waals surface area contributed by atoms with Gasteiger partial charge in [0.2, 0.25) is 0 Å². The summed E-state index contributed by atoms with van der Waals surface area (Å²) in [6.07, 6.45) is 6.03. The third kappa shape index (κ3) is 3.03. The minimum Gasteiger partial charge on any atom is -0.405 e. The van der Waals surface area contributed by atoms with E-state index in [2.05, 4.69) is 9.98 Å². The summed E-state index contributed by atoms with van der Waals surface area (Å²) in [4.78, 5) is 20.8. The van der Waals surface area contributed by atoms with E-state index in [1.807, 2.05) is 13.0 Å². The number of nitrogens with two attached hydrogens (primary N) is 1. The minimum absolute atomic E-state index is 0.392. The van der Waals surface area contributed by atoms with Crippen molar-refractivity contribution in [1.82, 2.24) is 4.90 Å². The van der Waals surface area contributed by atoms with Gasteiger partial charge in [-0.1, -0.05) is 11.6 Å². The summed E-state index contributed by atoms with van der Waals surface area (Å²) in [5.74, 6) is 1.12. The molecule has 0 radical (unpaired) electrons. The van der Waals surface area contributed by atoms with E-state index in [9.17, 15) is 4.79 Å². The highest BCUT2D eigenvalue weighted by atomic mass is 16.1. The Labute approximate surface area is 101 Å². The van der Waals surface area contributed by atoms with Crippen LogP contribution in [-0.2, 0) is 4.79 Å². The molecule has 17 heavy (non-hydrogen) atoms.